The van der Waals surface area contributed by atoms with Crippen LogP contribution < -0.4 is 5.32 Å². The van der Waals surface area contributed by atoms with Gasteiger partial charge in [0, 0.05) is 19.7 Å². The number of aromatic nitrogens is 2. The Morgan fingerprint density at radius 2 is 2.54 bits per heavy atom. The van der Waals surface area contributed by atoms with Crippen LogP contribution in [0.4, 0.5) is 0 Å². The zero-order chi connectivity index (χ0) is 9.84. The largest absolute Gasteiger partial charge is 0.395 e. The van der Waals surface area contributed by atoms with Gasteiger partial charge >= 0.3 is 0 Å². The van der Waals surface area contributed by atoms with Crippen molar-refractivity contribution in [2.24, 2.45) is 7.05 Å². The molecule has 6 heteroatoms. The fraction of sp³-hybridized carbons (Fsp3) is 0.429. The summed E-state index contributed by atoms with van der Waals surface area (Å²) in [5, 5.41) is 15.0. The number of aryl methyl sites for hydroxylation is 1. The predicted molar refractivity (Wildman–Crippen MR) is 50.3 cm³/mol. The van der Waals surface area contributed by atoms with Crippen LogP contribution >= 0.6 is 15.9 Å². The van der Waals surface area contributed by atoms with Crippen molar-refractivity contribution in [2.75, 3.05) is 13.2 Å². The molecule has 0 spiro atoms. The van der Waals surface area contributed by atoms with E-state index in [1.807, 2.05) is 0 Å². The molecule has 1 amide bonds. The number of nitrogens with zero attached hydrogens (tertiary/aromatic N) is 2. The number of nitrogens with one attached hydrogen (secondary N) is 1. The van der Waals surface area contributed by atoms with Crippen LogP contribution in [0.1, 0.15) is 10.5 Å². The van der Waals surface area contributed by atoms with Crippen molar-refractivity contribution >= 4 is 21.8 Å². The lowest BCUT2D eigenvalue weighted by Gasteiger charge is -2.01. The van der Waals surface area contributed by atoms with Crippen molar-refractivity contribution in [1.29, 1.82) is 0 Å². The zero-order valence-electron chi connectivity index (χ0n) is 7.12. The van der Waals surface area contributed by atoms with Crippen LogP contribution in [0.3, 0.4) is 0 Å². The van der Waals surface area contributed by atoms with Crippen LogP contribution in [0.5, 0.6) is 0 Å². The van der Waals surface area contributed by atoms with Crippen LogP contribution in [0.25, 0.3) is 0 Å². The highest BCUT2D eigenvalue weighted by Gasteiger charge is 2.10. The van der Waals surface area contributed by atoms with Gasteiger partial charge in [0.25, 0.3) is 5.91 Å². The minimum Gasteiger partial charge on any atom is -0.395 e. The first kappa shape index (κ1) is 10.2. The summed E-state index contributed by atoms with van der Waals surface area (Å²) in [6, 6.07) is 1.62. The van der Waals surface area contributed by atoms with Crippen molar-refractivity contribution in [3.63, 3.8) is 0 Å². The van der Waals surface area contributed by atoms with Gasteiger partial charge in [-0.3, -0.25) is 9.48 Å². The second-order valence-electron chi connectivity index (χ2n) is 2.46. The SMILES string of the molecule is Cn1nc(Br)cc1C(=O)NCCO. The fourth-order valence-electron chi connectivity index (χ4n) is 0.905. The number of aliphatic hydroxyl groups is 1. The van der Waals surface area contributed by atoms with Gasteiger partial charge in [0.15, 0.2) is 0 Å². The number of aliphatic hydroxyl groups excluding tert-OH is 1. The molecule has 0 unspecified atom stereocenters. The van der Waals surface area contributed by atoms with Gasteiger partial charge in [-0.25, -0.2) is 0 Å². The average molecular weight is 248 g/mol. The van der Waals surface area contributed by atoms with E-state index in [2.05, 4.69) is 26.3 Å². The van der Waals surface area contributed by atoms with E-state index in [1.165, 1.54) is 4.68 Å². The van der Waals surface area contributed by atoms with Crippen LogP contribution in [0.15, 0.2) is 10.7 Å². The highest BCUT2D eigenvalue weighted by atomic mass is 79.9. The maximum atomic E-state index is 11.3. The normalized spacial score (nSPS) is 10.1. The minimum absolute atomic E-state index is 0.0647. The highest BCUT2D eigenvalue weighted by Crippen LogP contribution is 2.08. The quantitative estimate of drug-likeness (QED) is 0.785. The topological polar surface area (TPSA) is 67.2 Å². The lowest BCUT2D eigenvalue weighted by molar-refractivity contribution is 0.0935. The van der Waals surface area contributed by atoms with Crippen molar-refractivity contribution in [3.05, 3.63) is 16.4 Å². The fourth-order valence-corrected chi connectivity index (χ4v) is 1.36. The Morgan fingerprint density at radius 1 is 1.85 bits per heavy atom. The molecule has 0 fully saturated rings. The molecule has 0 atom stereocenters. The van der Waals surface area contributed by atoms with E-state index in [4.69, 9.17) is 5.11 Å². The maximum absolute atomic E-state index is 11.3. The van der Waals surface area contributed by atoms with Gasteiger partial charge in [0.2, 0.25) is 0 Å². The van der Waals surface area contributed by atoms with E-state index in [0.717, 1.165) is 0 Å². The predicted octanol–water partition coefficient (Wildman–Crippen LogP) is -0.0953. The van der Waals surface area contributed by atoms with E-state index in [9.17, 15) is 4.79 Å². The molecule has 0 radical (unpaired) electrons. The molecule has 1 aromatic heterocycles. The summed E-state index contributed by atoms with van der Waals surface area (Å²) in [6.07, 6.45) is 0. The van der Waals surface area contributed by atoms with Crippen LogP contribution in [0, 0.1) is 0 Å². The molecule has 0 aliphatic carbocycles. The summed E-state index contributed by atoms with van der Waals surface area (Å²) in [7, 11) is 1.68. The molecule has 0 aromatic carbocycles. The first-order valence-electron chi connectivity index (χ1n) is 3.73. The molecule has 13 heavy (non-hydrogen) atoms. The number of hydrogen-bond donors (Lipinski definition) is 2. The summed E-state index contributed by atoms with van der Waals surface area (Å²) in [5.74, 6) is -0.241. The van der Waals surface area contributed by atoms with Gasteiger partial charge in [-0.05, 0) is 15.9 Å². The second kappa shape index (κ2) is 4.38. The van der Waals surface area contributed by atoms with E-state index < -0.39 is 0 Å². The third-order valence-corrected chi connectivity index (χ3v) is 1.87. The number of carbonyl (C=O) groups excluding carboxylic acids is 1. The molecule has 0 aliphatic heterocycles. The van der Waals surface area contributed by atoms with Crippen molar-refractivity contribution in [1.82, 2.24) is 15.1 Å². The zero-order valence-corrected chi connectivity index (χ0v) is 8.71. The summed E-state index contributed by atoms with van der Waals surface area (Å²) in [4.78, 5) is 11.3. The molecular formula is C7H10BrN3O2. The Morgan fingerprint density at radius 3 is 3.00 bits per heavy atom. The average Bonchev–Trinajstić information content (AvgIpc) is 2.41. The molecule has 0 bridgehead atoms. The first-order valence-corrected chi connectivity index (χ1v) is 4.53. The Balaban J connectivity index is 2.70. The number of halogens is 1. The molecule has 1 aromatic rings. The van der Waals surface area contributed by atoms with E-state index in [0.29, 0.717) is 10.3 Å². The van der Waals surface area contributed by atoms with Gasteiger partial charge < -0.3 is 10.4 Å². The molecule has 0 aliphatic rings. The Bertz CT molecular complexity index is 311. The third kappa shape index (κ3) is 2.53. The summed E-state index contributed by atoms with van der Waals surface area (Å²) in [5.41, 5.74) is 0.459. The van der Waals surface area contributed by atoms with Crippen molar-refractivity contribution in [2.45, 2.75) is 0 Å². The van der Waals surface area contributed by atoms with Crippen molar-refractivity contribution < 1.29 is 9.90 Å². The number of rotatable bonds is 3. The molecule has 0 saturated carbocycles. The van der Waals surface area contributed by atoms with Gasteiger partial charge in [-0.1, -0.05) is 0 Å². The van der Waals surface area contributed by atoms with Gasteiger partial charge in [-0.15, -0.1) is 0 Å². The Kier molecular flexibility index (Phi) is 3.44. The van der Waals surface area contributed by atoms with Crippen LogP contribution in [0.2, 0.25) is 0 Å². The lowest BCUT2D eigenvalue weighted by atomic mass is 10.4. The summed E-state index contributed by atoms with van der Waals surface area (Å²) < 4.78 is 2.08. The Hall–Kier alpha value is -0.880. The van der Waals surface area contributed by atoms with Gasteiger partial charge in [0.05, 0.1) is 6.61 Å². The molecule has 5 nitrogen and oxygen atoms in total. The molecule has 2 N–H and O–H groups in total. The number of carbonyl (C=O) groups is 1. The molecule has 0 saturated heterocycles. The highest BCUT2D eigenvalue weighted by molar-refractivity contribution is 9.10. The molecule has 1 rings (SSSR count). The molecule has 1 heterocycles. The standard InChI is InChI=1S/C7H10BrN3O2/c1-11-5(4-6(8)10-11)7(13)9-2-3-12/h4,12H,2-3H2,1H3,(H,9,13). The minimum atomic E-state index is -0.241. The third-order valence-electron chi connectivity index (χ3n) is 1.48. The van der Waals surface area contributed by atoms with Crippen LogP contribution in [-0.4, -0.2) is 33.9 Å². The van der Waals surface area contributed by atoms with Gasteiger partial charge in [0.1, 0.15) is 10.3 Å². The smallest absolute Gasteiger partial charge is 0.269 e. The van der Waals surface area contributed by atoms with E-state index >= 15 is 0 Å². The second-order valence-corrected chi connectivity index (χ2v) is 3.27. The van der Waals surface area contributed by atoms with E-state index in [-0.39, 0.29) is 19.1 Å². The lowest BCUT2D eigenvalue weighted by Crippen LogP contribution is -2.28. The van der Waals surface area contributed by atoms with Crippen molar-refractivity contribution in [3.8, 4) is 0 Å². The maximum Gasteiger partial charge on any atom is 0.269 e. The van der Waals surface area contributed by atoms with E-state index in [1.54, 1.807) is 13.1 Å². The monoisotopic (exact) mass is 247 g/mol. The summed E-state index contributed by atoms with van der Waals surface area (Å²) in [6.45, 7) is 0.187. The summed E-state index contributed by atoms with van der Waals surface area (Å²) >= 11 is 3.16. The molecule has 72 valence electrons. The van der Waals surface area contributed by atoms with Gasteiger partial charge in [-0.2, -0.15) is 5.10 Å². The van der Waals surface area contributed by atoms with Crippen LogP contribution in [-0.2, 0) is 7.05 Å². The first-order chi connectivity index (χ1) is 6.15. The number of hydrogen-bond acceptors (Lipinski definition) is 3. The molecular weight excluding hydrogens is 238 g/mol. The Labute approximate surface area is 83.9 Å². The number of amides is 1.